The minimum Gasteiger partial charge on any atom is -0.341 e. The van der Waals surface area contributed by atoms with E-state index in [0.29, 0.717) is 19.3 Å². The number of amides is 2. The molecule has 6 heteroatoms. The van der Waals surface area contributed by atoms with E-state index < -0.39 is 20.1 Å². The summed E-state index contributed by atoms with van der Waals surface area (Å²) in [6, 6.07) is -0.285. The lowest BCUT2D eigenvalue weighted by atomic mass is 9.83. The summed E-state index contributed by atoms with van der Waals surface area (Å²) in [6.45, 7) is 5.85. The number of hydrogen-bond donors (Lipinski definition) is 2. The Kier molecular flexibility index (Phi) is 6.71. The first-order chi connectivity index (χ1) is 10.3. The zero-order valence-corrected chi connectivity index (χ0v) is 15.3. The van der Waals surface area contributed by atoms with E-state index in [-0.39, 0.29) is 11.8 Å². The first-order valence-electron chi connectivity index (χ1n) is 8.52. The Morgan fingerprint density at radius 1 is 1.05 bits per heavy atom. The highest BCUT2D eigenvalue weighted by molar-refractivity contribution is 7.92. The Morgan fingerprint density at radius 2 is 1.55 bits per heavy atom. The van der Waals surface area contributed by atoms with Crippen molar-refractivity contribution in [3.8, 4) is 0 Å². The number of urea groups is 1. The summed E-state index contributed by atoms with van der Waals surface area (Å²) in [4.78, 5) is 11.8. The van der Waals surface area contributed by atoms with Gasteiger partial charge in [0, 0.05) is 7.05 Å². The van der Waals surface area contributed by atoms with Crippen LogP contribution in [-0.2, 0) is 9.84 Å². The van der Waals surface area contributed by atoms with Crippen LogP contribution in [0.5, 0.6) is 0 Å². The highest BCUT2D eigenvalue weighted by Gasteiger charge is 2.46. The fraction of sp³-hybridized carbons (Fsp3) is 0.938. The molecule has 1 aliphatic carbocycles. The lowest BCUT2D eigenvalue weighted by Crippen LogP contribution is -2.58. The van der Waals surface area contributed by atoms with Gasteiger partial charge in [-0.1, -0.05) is 40.0 Å². The molecule has 0 heterocycles. The molecule has 5 nitrogen and oxygen atoms in total. The molecule has 2 N–H and O–H groups in total. The van der Waals surface area contributed by atoms with Crippen molar-refractivity contribution in [2.24, 2.45) is 0 Å². The smallest absolute Gasteiger partial charge is 0.314 e. The number of rotatable bonds is 7. The van der Waals surface area contributed by atoms with Crippen LogP contribution in [0, 0.1) is 0 Å². The van der Waals surface area contributed by atoms with E-state index in [4.69, 9.17) is 0 Å². The highest BCUT2D eigenvalue weighted by atomic mass is 32.2. The first kappa shape index (κ1) is 19.3. The van der Waals surface area contributed by atoms with Crippen molar-refractivity contribution in [2.75, 3.05) is 12.8 Å². The predicted molar refractivity (Wildman–Crippen MR) is 90.8 cm³/mol. The second kappa shape index (κ2) is 7.66. The third-order valence-corrected chi connectivity index (χ3v) is 8.59. The normalized spacial score (nSPS) is 18.7. The van der Waals surface area contributed by atoms with E-state index in [9.17, 15) is 13.2 Å². The molecule has 0 unspecified atom stereocenters. The topological polar surface area (TPSA) is 75.3 Å². The van der Waals surface area contributed by atoms with Crippen molar-refractivity contribution in [3.63, 3.8) is 0 Å². The summed E-state index contributed by atoms with van der Waals surface area (Å²) in [5, 5.41) is 5.51. The Labute approximate surface area is 135 Å². The van der Waals surface area contributed by atoms with Crippen molar-refractivity contribution >= 4 is 15.9 Å². The van der Waals surface area contributed by atoms with Gasteiger partial charge in [-0.15, -0.1) is 0 Å². The van der Waals surface area contributed by atoms with Gasteiger partial charge in [0.25, 0.3) is 0 Å². The number of carbonyl (C=O) groups is 1. The molecule has 2 amide bonds. The van der Waals surface area contributed by atoms with Crippen LogP contribution in [-0.4, -0.2) is 37.5 Å². The van der Waals surface area contributed by atoms with Crippen molar-refractivity contribution in [3.05, 3.63) is 0 Å². The van der Waals surface area contributed by atoms with Crippen molar-refractivity contribution in [1.29, 1.82) is 0 Å². The van der Waals surface area contributed by atoms with Crippen molar-refractivity contribution in [1.82, 2.24) is 10.6 Å². The second-order valence-corrected chi connectivity index (χ2v) is 8.93. The van der Waals surface area contributed by atoms with Crippen molar-refractivity contribution in [2.45, 2.75) is 82.4 Å². The zero-order valence-electron chi connectivity index (χ0n) is 14.5. The average Bonchev–Trinajstić information content (AvgIpc) is 2.49. The van der Waals surface area contributed by atoms with Gasteiger partial charge in [-0.25, -0.2) is 13.2 Å². The standard InChI is InChI=1S/C16H32N2O3S/c1-5-16(6-2,7-3)22(20,21)13-15(18-14(19)17-4)11-9-8-10-12-15/h5-13H2,1-4H3,(H2,17,18,19). The van der Waals surface area contributed by atoms with Crippen LogP contribution >= 0.6 is 0 Å². The van der Waals surface area contributed by atoms with Gasteiger partial charge in [-0.05, 0) is 32.1 Å². The molecule has 0 aromatic rings. The van der Waals surface area contributed by atoms with Crippen molar-refractivity contribution < 1.29 is 13.2 Å². The Balaban J connectivity index is 3.09. The van der Waals surface area contributed by atoms with E-state index in [1.807, 2.05) is 20.8 Å². The quantitative estimate of drug-likeness (QED) is 0.752. The third kappa shape index (κ3) is 3.94. The first-order valence-corrected chi connectivity index (χ1v) is 10.2. The number of sulfone groups is 1. The van der Waals surface area contributed by atoms with Gasteiger partial charge >= 0.3 is 6.03 Å². The SMILES string of the molecule is CCC(CC)(CC)S(=O)(=O)CC1(NC(=O)NC)CCCCC1. The molecule has 0 spiro atoms. The zero-order chi connectivity index (χ0) is 16.9. The molecule has 0 aliphatic heterocycles. The summed E-state index contributed by atoms with van der Waals surface area (Å²) >= 11 is 0. The molecule has 0 aromatic carbocycles. The van der Waals surface area contributed by atoms with Gasteiger partial charge < -0.3 is 10.6 Å². The fourth-order valence-corrected chi connectivity index (χ4v) is 6.48. The lowest BCUT2D eigenvalue weighted by molar-refractivity contribution is 0.213. The van der Waals surface area contributed by atoms with Gasteiger partial charge in [0.05, 0.1) is 16.0 Å². The minimum absolute atomic E-state index is 0.0585. The predicted octanol–water partition coefficient (Wildman–Crippen LogP) is 3.00. The summed E-state index contributed by atoms with van der Waals surface area (Å²) < 4.78 is 25.6. The van der Waals surface area contributed by atoms with Gasteiger partial charge in [0.1, 0.15) is 0 Å². The largest absolute Gasteiger partial charge is 0.341 e. The molecule has 22 heavy (non-hydrogen) atoms. The molecular formula is C16H32N2O3S. The van der Waals surface area contributed by atoms with Gasteiger partial charge in [0.2, 0.25) is 0 Å². The number of carbonyl (C=O) groups excluding carboxylic acids is 1. The number of hydrogen-bond acceptors (Lipinski definition) is 3. The molecule has 0 saturated heterocycles. The van der Waals surface area contributed by atoms with Crippen LogP contribution in [0.15, 0.2) is 0 Å². The molecule has 1 rings (SSSR count). The van der Waals surface area contributed by atoms with Gasteiger partial charge in [-0.3, -0.25) is 0 Å². The summed E-state index contributed by atoms with van der Waals surface area (Å²) in [5.41, 5.74) is -0.609. The molecule has 0 bridgehead atoms. The molecule has 0 radical (unpaired) electrons. The molecule has 1 fully saturated rings. The van der Waals surface area contributed by atoms with Crippen LogP contribution in [0.1, 0.15) is 72.1 Å². The van der Waals surface area contributed by atoms with E-state index in [0.717, 1.165) is 32.1 Å². The lowest BCUT2D eigenvalue weighted by Gasteiger charge is -2.41. The van der Waals surface area contributed by atoms with Crippen LogP contribution in [0.2, 0.25) is 0 Å². The highest BCUT2D eigenvalue weighted by Crippen LogP contribution is 2.36. The Hall–Kier alpha value is -0.780. The monoisotopic (exact) mass is 332 g/mol. The molecule has 0 aromatic heterocycles. The summed E-state index contributed by atoms with van der Waals surface area (Å²) in [6.07, 6.45) is 6.40. The van der Waals surface area contributed by atoms with Crippen LogP contribution in [0.4, 0.5) is 4.79 Å². The van der Waals surface area contributed by atoms with Crippen LogP contribution in [0.3, 0.4) is 0 Å². The fourth-order valence-electron chi connectivity index (χ4n) is 3.76. The molecule has 0 atom stereocenters. The minimum atomic E-state index is -3.29. The van der Waals surface area contributed by atoms with E-state index >= 15 is 0 Å². The van der Waals surface area contributed by atoms with E-state index in [1.54, 1.807) is 7.05 Å². The molecule has 1 aliphatic rings. The van der Waals surface area contributed by atoms with E-state index in [2.05, 4.69) is 10.6 Å². The maximum Gasteiger partial charge on any atom is 0.314 e. The van der Waals surface area contributed by atoms with E-state index in [1.165, 1.54) is 0 Å². The second-order valence-electron chi connectivity index (χ2n) is 6.55. The molecule has 1 saturated carbocycles. The van der Waals surface area contributed by atoms with Crippen LogP contribution in [0.25, 0.3) is 0 Å². The molecule has 130 valence electrons. The number of nitrogens with one attached hydrogen (secondary N) is 2. The maximum absolute atomic E-state index is 13.1. The Morgan fingerprint density at radius 3 is 1.95 bits per heavy atom. The average molecular weight is 333 g/mol. The summed E-state index contributed by atoms with van der Waals surface area (Å²) in [7, 11) is -1.72. The summed E-state index contributed by atoms with van der Waals surface area (Å²) in [5.74, 6) is 0.0585. The molecular weight excluding hydrogens is 300 g/mol. The maximum atomic E-state index is 13.1. The van der Waals surface area contributed by atoms with Gasteiger partial charge in [-0.2, -0.15) is 0 Å². The van der Waals surface area contributed by atoms with Gasteiger partial charge in [0.15, 0.2) is 9.84 Å². The Bertz CT molecular complexity index is 456. The third-order valence-electron chi connectivity index (χ3n) is 5.48. The van der Waals surface area contributed by atoms with Crippen LogP contribution < -0.4 is 10.6 Å².